The van der Waals surface area contributed by atoms with Gasteiger partial charge in [-0.15, -0.1) is 0 Å². The van der Waals surface area contributed by atoms with Crippen LogP contribution in [0.4, 0.5) is 0 Å². The van der Waals surface area contributed by atoms with Crippen molar-refractivity contribution in [2.75, 3.05) is 14.2 Å². The second-order valence-corrected chi connectivity index (χ2v) is 6.32. The molecule has 0 radical (unpaired) electrons. The van der Waals surface area contributed by atoms with E-state index in [4.69, 9.17) is 25.8 Å². The number of carbonyl (C=O) groups excluding carboxylic acids is 1. The van der Waals surface area contributed by atoms with E-state index >= 15 is 0 Å². The number of halogens is 1. The molecule has 2 rings (SSSR count). The van der Waals surface area contributed by atoms with Gasteiger partial charge in [-0.05, 0) is 61.9 Å². The van der Waals surface area contributed by atoms with Crippen molar-refractivity contribution in [3.8, 4) is 17.2 Å². The van der Waals surface area contributed by atoms with Crippen LogP contribution in [0.1, 0.15) is 19.4 Å². The van der Waals surface area contributed by atoms with Crippen LogP contribution in [-0.4, -0.2) is 31.9 Å². The Hall–Kier alpha value is -2.73. The van der Waals surface area contributed by atoms with Gasteiger partial charge >= 0.3 is 0 Å². The van der Waals surface area contributed by atoms with Crippen LogP contribution in [0.25, 0.3) is 0 Å². The van der Waals surface area contributed by atoms with Crippen molar-refractivity contribution in [1.29, 1.82) is 0 Å². The van der Waals surface area contributed by atoms with E-state index in [9.17, 15) is 4.79 Å². The molecule has 6 nitrogen and oxygen atoms in total. The minimum Gasteiger partial charge on any atom is -0.493 e. The van der Waals surface area contributed by atoms with Crippen LogP contribution in [0.5, 0.6) is 17.2 Å². The van der Waals surface area contributed by atoms with Gasteiger partial charge in [0.1, 0.15) is 5.75 Å². The van der Waals surface area contributed by atoms with Crippen molar-refractivity contribution >= 4 is 23.7 Å². The lowest BCUT2D eigenvalue weighted by atomic mass is 10.1. The van der Waals surface area contributed by atoms with Crippen molar-refractivity contribution in [3.63, 3.8) is 0 Å². The van der Waals surface area contributed by atoms with E-state index in [2.05, 4.69) is 10.5 Å². The minimum atomic E-state index is -1.11. The number of amides is 1. The maximum atomic E-state index is 12.3. The van der Waals surface area contributed by atoms with E-state index in [0.717, 1.165) is 5.56 Å². The highest BCUT2D eigenvalue weighted by Crippen LogP contribution is 2.27. The molecule has 0 unspecified atom stereocenters. The molecular weight excluding hydrogens is 356 g/mol. The summed E-state index contributed by atoms with van der Waals surface area (Å²) in [6, 6.07) is 12.1. The third-order valence-corrected chi connectivity index (χ3v) is 3.77. The minimum absolute atomic E-state index is 0.385. The van der Waals surface area contributed by atoms with Crippen molar-refractivity contribution in [3.05, 3.63) is 53.1 Å². The summed E-state index contributed by atoms with van der Waals surface area (Å²) in [6.45, 7) is 3.31. The first kappa shape index (κ1) is 19.6. The van der Waals surface area contributed by atoms with Gasteiger partial charge in [-0.3, -0.25) is 4.79 Å². The molecule has 1 N–H and O–H groups in total. The summed E-state index contributed by atoms with van der Waals surface area (Å²) < 4.78 is 16.1. The molecule has 0 saturated carbocycles. The molecule has 2 aromatic carbocycles. The average molecular weight is 377 g/mol. The van der Waals surface area contributed by atoms with Gasteiger partial charge < -0.3 is 14.2 Å². The number of carbonyl (C=O) groups is 1. The van der Waals surface area contributed by atoms with E-state index < -0.39 is 5.60 Å². The number of nitrogens with one attached hydrogen (secondary N) is 1. The quantitative estimate of drug-likeness (QED) is 0.591. The van der Waals surface area contributed by atoms with Crippen LogP contribution in [0.2, 0.25) is 5.02 Å². The molecule has 26 heavy (non-hydrogen) atoms. The molecule has 0 atom stereocenters. The normalized spacial score (nSPS) is 11.3. The Kier molecular flexibility index (Phi) is 6.46. The number of hydrazone groups is 1. The van der Waals surface area contributed by atoms with Gasteiger partial charge in [0.05, 0.1) is 20.4 Å². The zero-order chi connectivity index (χ0) is 19.2. The molecule has 0 aromatic heterocycles. The summed E-state index contributed by atoms with van der Waals surface area (Å²) >= 11 is 5.84. The zero-order valence-corrected chi connectivity index (χ0v) is 15.8. The van der Waals surface area contributed by atoms with Crippen LogP contribution in [0, 0.1) is 0 Å². The molecular formula is C19H21ClN2O4. The monoisotopic (exact) mass is 376 g/mol. The lowest BCUT2D eigenvalue weighted by Gasteiger charge is -2.24. The maximum absolute atomic E-state index is 12.3. The Bertz CT molecular complexity index is 789. The molecule has 138 valence electrons. The molecule has 0 aliphatic rings. The molecule has 7 heteroatoms. The van der Waals surface area contributed by atoms with Gasteiger partial charge in [-0.2, -0.15) is 5.10 Å². The van der Waals surface area contributed by atoms with Crippen molar-refractivity contribution in [1.82, 2.24) is 5.43 Å². The SMILES string of the molecule is COc1ccc(/C=N/NC(=O)C(C)(C)Oc2ccc(Cl)cc2)cc1OC. The third kappa shape index (κ3) is 5.13. The number of rotatable bonds is 7. The smallest absolute Gasteiger partial charge is 0.283 e. The van der Waals surface area contributed by atoms with Crippen LogP contribution in [0.15, 0.2) is 47.6 Å². The fourth-order valence-corrected chi connectivity index (χ4v) is 2.20. The van der Waals surface area contributed by atoms with E-state index in [1.165, 1.54) is 6.21 Å². The highest BCUT2D eigenvalue weighted by atomic mass is 35.5. The van der Waals surface area contributed by atoms with Crippen molar-refractivity contribution in [2.24, 2.45) is 5.10 Å². The zero-order valence-electron chi connectivity index (χ0n) is 15.1. The summed E-state index contributed by atoms with van der Waals surface area (Å²) in [5.74, 6) is 1.35. The number of benzene rings is 2. The molecule has 0 bridgehead atoms. The van der Waals surface area contributed by atoms with Crippen molar-refractivity contribution in [2.45, 2.75) is 19.4 Å². The van der Waals surface area contributed by atoms with E-state index in [-0.39, 0.29) is 5.91 Å². The Labute approximate surface area is 157 Å². The lowest BCUT2D eigenvalue weighted by molar-refractivity contribution is -0.134. The standard InChI is InChI=1S/C19H21ClN2O4/c1-19(2,26-15-8-6-14(20)7-9-15)18(23)22-21-12-13-5-10-16(24-3)17(11-13)25-4/h5-12H,1-4H3,(H,22,23)/b21-12+. The summed E-state index contributed by atoms with van der Waals surface area (Å²) in [4.78, 5) is 12.3. The van der Waals surface area contributed by atoms with Crippen LogP contribution in [-0.2, 0) is 4.79 Å². The van der Waals surface area contributed by atoms with Gasteiger partial charge in [-0.1, -0.05) is 11.6 Å². The van der Waals surface area contributed by atoms with Gasteiger partial charge in [-0.25, -0.2) is 5.43 Å². The first-order chi connectivity index (χ1) is 12.4. The maximum Gasteiger partial charge on any atom is 0.283 e. The third-order valence-electron chi connectivity index (χ3n) is 3.52. The number of ether oxygens (including phenoxy) is 3. The number of methoxy groups -OCH3 is 2. The topological polar surface area (TPSA) is 69.2 Å². The molecule has 1 amide bonds. The molecule has 0 heterocycles. The Morgan fingerprint density at radius 2 is 1.73 bits per heavy atom. The first-order valence-electron chi connectivity index (χ1n) is 7.86. The summed E-state index contributed by atoms with van der Waals surface area (Å²) in [5, 5.41) is 4.57. The second-order valence-electron chi connectivity index (χ2n) is 5.88. The van der Waals surface area contributed by atoms with Gasteiger partial charge in [0, 0.05) is 5.02 Å². The second kappa shape index (κ2) is 8.58. The first-order valence-corrected chi connectivity index (χ1v) is 8.23. The molecule has 0 aliphatic carbocycles. The van der Waals surface area contributed by atoms with Crippen LogP contribution < -0.4 is 19.6 Å². The number of hydrogen-bond donors (Lipinski definition) is 1. The summed E-state index contributed by atoms with van der Waals surface area (Å²) in [6.07, 6.45) is 1.51. The van der Waals surface area contributed by atoms with E-state index in [0.29, 0.717) is 22.3 Å². The average Bonchev–Trinajstić information content (AvgIpc) is 2.63. The van der Waals surface area contributed by atoms with Gasteiger partial charge in [0.25, 0.3) is 5.91 Å². The number of nitrogens with zero attached hydrogens (tertiary/aromatic N) is 1. The predicted octanol–water partition coefficient (Wildman–Crippen LogP) is 3.66. The van der Waals surface area contributed by atoms with Crippen LogP contribution in [0.3, 0.4) is 0 Å². The Morgan fingerprint density at radius 3 is 2.35 bits per heavy atom. The predicted molar refractivity (Wildman–Crippen MR) is 101 cm³/mol. The molecule has 0 aliphatic heterocycles. The Morgan fingerprint density at radius 1 is 1.08 bits per heavy atom. The molecule has 0 saturated heterocycles. The lowest BCUT2D eigenvalue weighted by Crippen LogP contribution is -2.44. The van der Waals surface area contributed by atoms with Crippen molar-refractivity contribution < 1.29 is 19.0 Å². The van der Waals surface area contributed by atoms with Crippen LogP contribution >= 0.6 is 11.6 Å². The highest BCUT2D eigenvalue weighted by Gasteiger charge is 2.29. The largest absolute Gasteiger partial charge is 0.493 e. The highest BCUT2D eigenvalue weighted by molar-refractivity contribution is 6.30. The fraction of sp³-hybridized carbons (Fsp3) is 0.263. The molecule has 0 fully saturated rings. The van der Waals surface area contributed by atoms with E-state index in [1.54, 1.807) is 70.5 Å². The summed E-state index contributed by atoms with van der Waals surface area (Å²) in [7, 11) is 3.12. The number of hydrogen-bond acceptors (Lipinski definition) is 5. The summed E-state index contributed by atoms with van der Waals surface area (Å²) in [5.41, 5.74) is 2.12. The van der Waals surface area contributed by atoms with Gasteiger partial charge in [0.15, 0.2) is 17.1 Å². The fourth-order valence-electron chi connectivity index (χ4n) is 2.08. The molecule has 0 spiro atoms. The molecule has 2 aromatic rings. The Balaban J connectivity index is 2.00. The van der Waals surface area contributed by atoms with Gasteiger partial charge in [0.2, 0.25) is 0 Å². The van der Waals surface area contributed by atoms with E-state index in [1.807, 2.05) is 0 Å².